The fourth-order valence-electron chi connectivity index (χ4n) is 3.94. The van der Waals surface area contributed by atoms with Gasteiger partial charge in [-0.1, -0.05) is 0 Å². The molecule has 9 nitrogen and oxygen atoms in total. The zero-order chi connectivity index (χ0) is 24.3. The molecule has 1 aromatic carbocycles. The van der Waals surface area contributed by atoms with Gasteiger partial charge in [0, 0.05) is 24.3 Å². The highest BCUT2D eigenvalue weighted by Crippen LogP contribution is 2.28. The molecule has 1 N–H and O–H groups in total. The molecule has 9 heteroatoms. The van der Waals surface area contributed by atoms with Gasteiger partial charge in [-0.3, -0.25) is 14.4 Å². The lowest BCUT2D eigenvalue weighted by Gasteiger charge is -2.18. The van der Waals surface area contributed by atoms with E-state index in [2.05, 4.69) is 4.98 Å². The van der Waals surface area contributed by atoms with Gasteiger partial charge >= 0.3 is 11.9 Å². The number of ether oxygens (including phenoxy) is 3. The van der Waals surface area contributed by atoms with E-state index in [1.54, 1.807) is 38.1 Å². The van der Waals surface area contributed by atoms with Crippen LogP contribution in [0.25, 0.3) is 0 Å². The third-order valence-electron chi connectivity index (χ3n) is 5.65. The summed E-state index contributed by atoms with van der Waals surface area (Å²) in [5, 5.41) is 0. The number of carbonyl (C=O) groups excluding carboxylic acids is 4. The van der Waals surface area contributed by atoms with Crippen molar-refractivity contribution in [1.82, 2.24) is 4.98 Å². The number of anilines is 1. The van der Waals surface area contributed by atoms with Gasteiger partial charge in [-0.2, -0.15) is 0 Å². The highest BCUT2D eigenvalue weighted by molar-refractivity contribution is 6.04. The zero-order valence-electron chi connectivity index (χ0n) is 19.4. The minimum atomic E-state index is -1.09. The minimum Gasteiger partial charge on any atom is -0.494 e. The Hall–Kier alpha value is -3.62. The van der Waals surface area contributed by atoms with Gasteiger partial charge < -0.3 is 24.1 Å². The number of benzene rings is 1. The van der Waals surface area contributed by atoms with Crippen LogP contribution in [0, 0.1) is 19.8 Å². The predicted octanol–water partition coefficient (Wildman–Crippen LogP) is 2.98. The number of hydrogen-bond donors (Lipinski definition) is 1. The van der Waals surface area contributed by atoms with Crippen LogP contribution in [0.5, 0.6) is 5.75 Å². The smallest absolute Gasteiger partial charge is 0.339 e. The topological polar surface area (TPSA) is 115 Å². The average molecular weight is 456 g/mol. The molecule has 2 atom stereocenters. The van der Waals surface area contributed by atoms with Crippen LogP contribution in [0.4, 0.5) is 5.69 Å². The van der Waals surface area contributed by atoms with Crippen LogP contribution in [0.15, 0.2) is 24.3 Å². The summed E-state index contributed by atoms with van der Waals surface area (Å²) < 4.78 is 15.6. The van der Waals surface area contributed by atoms with Crippen molar-refractivity contribution >= 4 is 29.3 Å². The molecule has 1 aromatic heterocycles. The lowest BCUT2D eigenvalue weighted by atomic mass is 10.1. The van der Waals surface area contributed by atoms with E-state index < -0.39 is 29.7 Å². The van der Waals surface area contributed by atoms with Crippen LogP contribution in [-0.4, -0.2) is 55.0 Å². The largest absolute Gasteiger partial charge is 0.494 e. The molecule has 0 saturated carbocycles. The summed E-state index contributed by atoms with van der Waals surface area (Å²) in [7, 11) is 1.26. The van der Waals surface area contributed by atoms with Crippen molar-refractivity contribution in [3.63, 3.8) is 0 Å². The molecule has 1 fully saturated rings. The van der Waals surface area contributed by atoms with Crippen molar-refractivity contribution in [3.05, 3.63) is 46.8 Å². The van der Waals surface area contributed by atoms with E-state index in [4.69, 9.17) is 14.2 Å². The van der Waals surface area contributed by atoms with Crippen LogP contribution in [0.1, 0.15) is 52.4 Å². The molecule has 0 spiro atoms. The maximum absolute atomic E-state index is 12.9. The summed E-state index contributed by atoms with van der Waals surface area (Å²) in [5.74, 6) is -1.82. The fourth-order valence-corrected chi connectivity index (χ4v) is 3.94. The normalized spacial score (nSPS) is 16.5. The number of ketones is 1. The highest BCUT2D eigenvalue weighted by atomic mass is 16.5. The second-order valence-electron chi connectivity index (χ2n) is 7.89. The van der Waals surface area contributed by atoms with E-state index >= 15 is 0 Å². The number of esters is 2. The fraction of sp³-hybridized carbons (Fsp3) is 0.417. The number of rotatable bonds is 8. The number of aromatic amines is 1. The minimum absolute atomic E-state index is 0.0000813. The SMILES string of the molecule is CCOc1ccc(N2CC(C(=O)OC(C)C(=O)c3[nH]c(C)c(C(=O)OC)c3C)CC2=O)cc1. The number of nitrogens with zero attached hydrogens (tertiary/aromatic N) is 1. The standard InChI is InChI=1S/C24H28N2O7/c1-6-32-18-9-7-17(8-10-18)26-12-16(11-19(26)27)23(29)33-15(4)22(28)21-13(2)20(14(3)25-21)24(30)31-5/h7-10,15-16,25H,6,11-12H2,1-5H3. The molecule has 1 saturated heterocycles. The van der Waals surface area contributed by atoms with Gasteiger partial charge in [-0.25, -0.2) is 4.79 Å². The number of nitrogens with one attached hydrogen (secondary N) is 1. The van der Waals surface area contributed by atoms with E-state index in [0.717, 1.165) is 0 Å². The zero-order valence-corrected chi connectivity index (χ0v) is 19.4. The number of methoxy groups -OCH3 is 1. The average Bonchev–Trinajstić information content (AvgIpc) is 3.32. The summed E-state index contributed by atoms with van der Waals surface area (Å²) in [6, 6.07) is 7.06. The van der Waals surface area contributed by atoms with Crippen LogP contribution in [0.2, 0.25) is 0 Å². The number of H-pyrrole nitrogens is 1. The van der Waals surface area contributed by atoms with E-state index in [0.29, 0.717) is 29.3 Å². The Morgan fingerprint density at radius 3 is 2.45 bits per heavy atom. The molecular formula is C24H28N2O7. The van der Waals surface area contributed by atoms with Gasteiger partial charge in [0.2, 0.25) is 11.7 Å². The van der Waals surface area contributed by atoms with Crippen molar-refractivity contribution in [2.24, 2.45) is 5.92 Å². The number of hydrogen-bond acceptors (Lipinski definition) is 7. The van der Waals surface area contributed by atoms with Crippen LogP contribution in [-0.2, 0) is 19.1 Å². The van der Waals surface area contributed by atoms with Gasteiger partial charge in [-0.05, 0) is 57.5 Å². The molecule has 2 heterocycles. The van der Waals surface area contributed by atoms with Gasteiger partial charge in [0.05, 0.1) is 30.9 Å². The lowest BCUT2D eigenvalue weighted by molar-refractivity contribution is -0.151. The van der Waals surface area contributed by atoms with Crippen molar-refractivity contribution in [2.45, 2.75) is 40.2 Å². The molecule has 2 aromatic rings. The summed E-state index contributed by atoms with van der Waals surface area (Å²) in [6.45, 7) is 7.34. The molecule has 176 valence electrons. The molecule has 0 aliphatic carbocycles. The summed E-state index contributed by atoms with van der Waals surface area (Å²) in [5.41, 5.74) is 2.06. The second-order valence-corrected chi connectivity index (χ2v) is 7.89. The Morgan fingerprint density at radius 2 is 1.85 bits per heavy atom. The van der Waals surface area contributed by atoms with Crippen molar-refractivity contribution < 1.29 is 33.4 Å². The van der Waals surface area contributed by atoms with Gasteiger partial charge in [0.25, 0.3) is 0 Å². The van der Waals surface area contributed by atoms with Crippen LogP contribution < -0.4 is 9.64 Å². The molecule has 1 aliphatic rings. The Bertz CT molecular complexity index is 1070. The van der Waals surface area contributed by atoms with E-state index in [-0.39, 0.29) is 30.1 Å². The molecule has 33 heavy (non-hydrogen) atoms. The molecule has 0 radical (unpaired) electrons. The monoisotopic (exact) mass is 456 g/mol. The Morgan fingerprint density at radius 1 is 1.18 bits per heavy atom. The predicted molar refractivity (Wildman–Crippen MR) is 120 cm³/mol. The summed E-state index contributed by atoms with van der Waals surface area (Å²) in [6.07, 6.45) is -1.09. The molecule has 2 unspecified atom stereocenters. The molecule has 1 aliphatic heterocycles. The highest BCUT2D eigenvalue weighted by Gasteiger charge is 2.38. The summed E-state index contributed by atoms with van der Waals surface area (Å²) >= 11 is 0. The first-order valence-corrected chi connectivity index (χ1v) is 10.7. The lowest BCUT2D eigenvalue weighted by Crippen LogP contribution is -2.30. The van der Waals surface area contributed by atoms with Gasteiger partial charge in [-0.15, -0.1) is 0 Å². The van der Waals surface area contributed by atoms with Crippen LogP contribution in [0.3, 0.4) is 0 Å². The van der Waals surface area contributed by atoms with E-state index in [1.165, 1.54) is 18.9 Å². The number of aryl methyl sites for hydroxylation is 1. The van der Waals surface area contributed by atoms with Gasteiger partial charge in [0.15, 0.2) is 6.10 Å². The maximum atomic E-state index is 12.9. The number of amides is 1. The third kappa shape index (κ3) is 4.92. The van der Waals surface area contributed by atoms with E-state index in [1.807, 2.05) is 6.92 Å². The Labute approximate surface area is 192 Å². The molecule has 1 amide bonds. The first-order valence-electron chi connectivity index (χ1n) is 10.7. The maximum Gasteiger partial charge on any atom is 0.339 e. The van der Waals surface area contributed by atoms with Gasteiger partial charge in [0.1, 0.15) is 5.75 Å². The number of aromatic nitrogens is 1. The van der Waals surface area contributed by atoms with Crippen molar-refractivity contribution in [3.8, 4) is 5.75 Å². The first-order chi connectivity index (χ1) is 15.7. The third-order valence-corrected chi connectivity index (χ3v) is 5.65. The van der Waals surface area contributed by atoms with Crippen LogP contribution >= 0.6 is 0 Å². The van der Waals surface area contributed by atoms with Crippen molar-refractivity contribution in [1.29, 1.82) is 0 Å². The van der Waals surface area contributed by atoms with Crippen molar-refractivity contribution in [2.75, 3.05) is 25.2 Å². The molecule has 3 rings (SSSR count). The Balaban J connectivity index is 1.66. The first kappa shape index (κ1) is 24.0. The molecule has 0 bridgehead atoms. The number of Topliss-reactive ketones (excluding diaryl/α,β-unsaturated/α-hetero) is 1. The molecular weight excluding hydrogens is 428 g/mol. The quantitative estimate of drug-likeness (QED) is 0.480. The number of carbonyl (C=O) groups is 4. The second kappa shape index (κ2) is 9.89. The Kier molecular flexibility index (Phi) is 7.20. The van der Waals surface area contributed by atoms with E-state index in [9.17, 15) is 19.2 Å². The summed E-state index contributed by atoms with van der Waals surface area (Å²) in [4.78, 5) is 54.4.